The Morgan fingerprint density at radius 1 is 1.38 bits per heavy atom. The average Bonchev–Trinajstić information content (AvgIpc) is 3.23. The highest BCUT2D eigenvalue weighted by atomic mass is 16.5. The Morgan fingerprint density at radius 2 is 2.17 bits per heavy atom. The van der Waals surface area contributed by atoms with Crippen LogP contribution in [0.5, 0.6) is 5.75 Å². The van der Waals surface area contributed by atoms with Gasteiger partial charge in [-0.15, -0.1) is 0 Å². The highest BCUT2D eigenvalue weighted by Crippen LogP contribution is 2.29. The third-order valence-corrected chi connectivity index (χ3v) is 5.18. The molecule has 0 aliphatic carbocycles. The van der Waals surface area contributed by atoms with Crippen LogP contribution < -0.4 is 15.6 Å². The SMILES string of the molecule is COc1ccccc1CN1CCCC1C1NNCC1C(=O)N(C)C. The summed E-state index contributed by atoms with van der Waals surface area (Å²) in [5.74, 6) is 1.12. The molecule has 0 saturated carbocycles. The number of ether oxygens (including phenoxy) is 1. The zero-order valence-corrected chi connectivity index (χ0v) is 14.8. The van der Waals surface area contributed by atoms with Gasteiger partial charge >= 0.3 is 0 Å². The summed E-state index contributed by atoms with van der Waals surface area (Å²) in [6.45, 7) is 2.61. The Morgan fingerprint density at radius 3 is 2.92 bits per heavy atom. The lowest BCUT2D eigenvalue weighted by molar-refractivity contribution is -0.133. The predicted octanol–water partition coefficient (Wildman–Crippen LogP) is 0.840. The summed E-state index contributed by atoms with van der Waals surface area (Å²) in [4.78, 5) is 16.7. The van der Waals surface area contributed by atoms with Crippen molar-refractivity contribution in [2.75, 3.05) is 34.3 Å². The smallest absolute Gasteiger partial charge is 0.228 e. The molecule has 0 radical (unpaired) electrons. The maximum Gasteiger partial charge on any atom is 0.228 e. The lowest BCUT2D eigenvalue weighted by Gasteiger charge is -2.32. The number of rotatable bonds is 5. The lowest BCUT2D eigenvalue weighted by atomic mass is 9.92. The summed E-state index contributed by atoms with van der Waals surface area (Å²) in [6, 6.07) is 8.69. The quantitative estimate of drug-likeness (QED) is 0.837. The van der Waals surface area contributed by atoms with Gasteiger partial charge in [-0.2, -0.15) is 0 Å². The summed E-state index contributed by atoms with van der Waals surface area (Å²) >= 11 is 0. The molecule has 1 aromatic carbocycles. The van der Waals surface area contributed by atoms with E-state index < -0.39 is 0 Å². The van der Waals surface area contributed by atoms with Gasteiger partial charge in [-0.25, -0.2) is 0 Å². The summed E-state index contributed by atoms with van der Waals surface area (Å²) in [5, 5.41) is 0. The fourth-order valence-electron chi connectivity index (χ4n) is 3.96. The van der Waals surface area contributed by atoms with Gasteiger partial charge in [-0.05, 0) is 25.5 Å². The highest BCUT2D eigenvalue weighted by molar-refractivity contribution is 5.79. The van der Waals surface area contributed by atoms with E-state index in [0.29, 0.717) is 12.6 Å². The molecule has 2 fully saturated rings. The second-order valence-electron chi connectivity index (χ2n) is 6.88. The van der Waals surface area contributed by atoms with Crippen molar-refractivity contribution in [1.82, 2.24) is 20.7 Å². The normalized spacial score (nSPS) is 27.4. The molecule has 2 heterocycles. The lowest BCUT2D eigenvalue weighted by Crippen LogP contribution is -2.51. The number of para-hydroxylation sites is 1. The fraction of sp³-hybridized carbons (Fsp3) is 0.611. The molecule has 3 rings (SSSR count). The van der Waals surface area contributed by atoms with E-state index in [0.717, 1.165) is 25.3 Å². The molecule has 2 aliphatic heterocycles. The van der Waals surface area contributed by atoms with Gasteiger partial charge in [0.1, 0.15) is 5.75 Å². The molecular formula is C18H28N4O2. The van der Waals surface area contributed by atoms with Gasteiger partial charge < -0.3 is 9.64 Å². The summed E-state index contributed by atoms with van der Waals surface area (Å²) in [7, 11) is 5.38. The zero-order valence-electron chi connectivity index (χ0n) is 14.8. The van der Waals surface area contributed by atoms with Crippen molar-refractivity contribution in [2.45, 2.75) is 31.5 Å². The van der Waals surface area contributed by atoms with Crippen LogP contribution >= 0.6 is 0 Å². The van der Waals surface area contributed by atoms with Crippen LogP contribution in [0.2, 0.25) is 0 Å². The van der Waals surface area contributed by atoms with E-state index in [1.807, 2.05) is 26.2 Å². The summed E-state index contributed by atoms with van der Waals surface area (Å²) < 4.78 is 5.49. The summed E-state index contributed by atoms with van der Waals surface area (Å²) in [6.07, 6.45) is 2.28. The summed E-state index contributed by atoms with van der Waals surface area (Å²) in [5.41, 5.74) is 7.75. The number of carbonyl (C=O) groups is 1. The highest BCUT2D eigenvalue weighted by Gasteiger charge is 2.42. The number of hydrazine groups is 1. The molecular weight excluding hydrogens is 304 g/mol. The van der Waals surface area contributed by atoms with Crippen LogP contribution in [0, 0.1) is 5.92 Å². The van der Waals surface area contributed by atoms with E-state index in [2.05, 4.69) is 27.9 Å². The molecule has 6 heteroatoms. The molecule has 6 nitrogen and oxygen atoms in total. The Hall–Kier alpha value is -1.63. The van der Waals surface area contributed by atoms with E-state index in [1.54, 1.807) is 12.0 Å². The Balaban J connectivity index is 1.74. The Kier molecular flexibility index (Phi) is 5.38. The Labute approximate surface area is 144 Å². The monoisotopic (exact) mass is 332 g/mol. The van der Waals surface area contributed by atoms with E-state index >= 15 is 0 Å². The molecule has 3 atom stereocenters. The second-order valence-corrected chi connectivity index (χ2v) is 6.88. The van der Waals surface area contributed by atoms with Crippen molar-refractivity contribution in [2.24, 2.45) is 5.92 Å². The first-order valence-electron chi connectivity index (χ1n) is 8.67. The van der Waals surface area contributed by atoms with Crippen molar-refractivity contribution >= 4 is 5.91 Å². The number of likely N-dealkylation sites (tertiary alicyclic amines) is 1. The topological polar surface area (TPSA) is 56.8 Å². The molecule has 0 spiro atoms. The number of nitrogens with zero attached hydrogens (tertiary/aromatic N) is 2. The van der Waals surface area contributed by atoms with Gasteiger partial charge in [0.25, 0.3) is 0 Å². The number of benzene rings is 1. The molecule has 132 valence electrons. The zero-order chi connectivity index (χ0) is 17.1. The molecule has 2 aliphatic rings. The minimum Gasteiger partial charge on any atom is -0.496 e. The molecule has 2 N–H and O–H groups in total. The van der Waals surface area contributed by atoms with Crippen molar-refractivity contribution < 1.29 is 9.53 Å². The van der Waals surface area contributed by atoms with Crippen LogP contribution in [-0.2, 0) is 11.3 Å². The van der Waals surface area contributed by atoms with Crippen molar-refractivity contribution in [3.63, 3.8) is 0 Å². The Bertz CT molecular complexity index is 578. The molecule has 0 aromatic heterocycles. The van der Waals surface area contributed by atoms with Crippen LogP contribution in [0.25, 0.3) is 0 Å². The molecule has 1 aromatic rings. The second kappa shape index (κ2) is 7.51. The van der Waals surface area contributed by atoms with Crippen LogP contribution in [-0.4, -0.2) is 62.1 Å². The van der Waals surface area contributed by atoms with Gasteiger partial charge in [-0.1, -0.05) is 18.2 Å². The van der Waals surface area contributed by atoms with Crippen LogP contribution in [0.4, 0.5) is 0 Å². The molecule has 2 saturated heterocycles. The third kappa shape index (κ3) is 3.41. The number of hydrogen-bond donors (Lipinski definition) is 2. The van der Waals surface area contributed by atoms with Gasteiger partial charge in [0, 0.05) is 44.8 Å². The fourth-order valence-corrected chi connectivity index (χ4v) is 3.96. The largest absolute Gasteiger partial charge is 0.496 e. The molecule has 24 heavy (non-hydrogen) atoms. The van der Waals surface area contributed by atoms with Gasteiger partial charge in [0.2, 0.25) is 5.91 Å². The number of methoxy groups -OCH3 is 1. The van der Waals surface area contributed by atoms with Crippen molar-refractivity contribution in [1.29, 1.82) is 0 Å². The van der Waals surface area contributed by atoms with Crippen LogP contribution in [0.15, 0.2) is 24.3 Å². The van der Waals surface area contributed by atoms with E-state index in [-0.39, 0.29) is 17.9 Å². The third-order valence-electron chi connectivity index (χ3n) is 5.18. The number of hydrogen-bond acceptors (Lipinski definition) is 5. The van der Waals surface area contributed by atoms with E-state index in [9.17, 15) is 4.79 Å². The molecule has 3 unspecified atom stereocenters. The van der Waals surface area contributed by atoms with Gasteiger partial charge in [0.15, 0.2) is 0 Å². The first-order chi connectivity index (χ1) is 11.6. The molecule has 0 bridgehead atoms. The van der Waals surface area contributed by atoms with Crippen LogP contribution in [0.3, 0.4) is 0 Å². The molecule has 1 amide bonds. The maximum absolute atomic E-state index is 12.5. The van der Waals surface area contributed by atoms with Crippen molar-refractivity contribution in [3.8, 4) is 5.75 Å². The first kappa shape index (κ1) is 17.2. The standard InChI is InChI=1S/C18H28N4O2/c1-21(2)18(23)14-11-19-20-17(14)15-8-6-10-22(15)12-13-7-4-5-9-16(13)24-3/h4-5,7,9,14-15,17,19-20H,6,8,10-12H2,1-3H3. The van der Waals surface area contributed by atoms with E-state index in [4.69, 9.17) is 4.74 Å². The minimum atomic E-state index is -0.0109. The van der Waals surface area contributed by atoms with E-state index in [1.165, 1.54) is 12.0 Å². The van der Waals surface area contributed by atoms with Gasteiger partial charge in [-0.3, -0.25) is 20.5 Å². The number of carbonyl (C=O) groups excluding carboxylic acids is 1. The first-order valence-corrected chi connectivity index (χ1v) is 8.67. The van der Waals surface area contributed by atoms with Gasteiger partial charge in [0.05, 0.1) is 13.0 Å². The maximum atomic E-state index is 12.5. The van der Waals surface area contributed by atoms with Crippen LogP contribution in [0.1, 0.15) is 18.4 Å². The average molecular weight is 332 g/mol. The predicted molar refractivity (Wildman–Crippen MR) is 93.5 cm³/mol. The van der Waals surface area contributed by atoms with Crippen molar-refractivity contribution in [3.05, 3.63) is 29.8 Å². The number of nitrogens with one attached hydrogen (secondary N) is 2. The number of amides is 1. The minimum absolute atomic E-state index is 0.0109.